The number of rotatable bonds is 4. The van der Waals surface area contributed by atoms with Crippen LogP contribution < -0.4 is 9.88 Å². The number of nitrogens with zero attached hydrogens (tertiary/aromatic N) is 3. The quantitative estimate of drug-likeness (QED) is 0.520. The zero-order chi connectivity index (χ0) is 19.1. The zero-order valence-corrected chi connectivity index (χ0v) is 16.1. The number of nitrogens with one attached hydrogen (secondary N) is 1. The number of nitriles is 1. The normalized spacial score (nSPS) is 15.2. The summed E-state index contributed by atoms with van der Waals surface area (Å²) in [7, 11) is 0. The molecule has 0 bridgehead atoms. The molecule has 0 spiro atoms. The monoisotopic (exact) mass is 405 g/mol. The highest BCUT2D eigenvalue weighted by atomic mass is 32.1. The largest absolute Gasteiger partial charge is 0.469 e. The van der Waals surface area contributed by atoms with Crippen molar-refractivity contribution in [3.8, 4) is 27.2 Å². The van der Waals surface area contributed by atoms with Gasteiger partial charge < -0.3 is 4.42 Å². The van der Waals surface area contributed by atoms with Crippen LogP contribution in [0, 0.1) is 11.3 Å². The molecule has 136 valence electrons. The van der Waals surface area contributed by atoms with E-state index < -0.39 is 6.04 Å². The maximum atomic E-state index is 13.1. The average molecular weight is 405 g/mol. The number of fused-ring (bicyclic) bond motifs is 1. The fraction of sp³-hybridized carbons (Fsp3) is 0.100. The van der Waals surface area contributed by atoms with Gasteiger partial charge in [0.05, 0.1) is 22.4 Å². The van der Waals surface area contributed by atoms with Crippen LogP contribution in [0.25, 0.3) is 21.1 Å². The van der Waals surface area contributed by atoms with Crippen LogP contribution in [0.3, 0.4) is 0 Å². The highest BCUT2D eigenvalue weighted by Crippen LogP contribution is 2.34. The Kier molecular flexibility index (Phi) is 4.04. The SMILES string of the molecule is N#Cc1ccc(-c2nc(-c3cccs3)c[n+]3c2NC(Cc2ccco2)C3=O)s1. The minimum absolute atomic E-state index is 0.0510. The highest BCUT2D eigenvalue weighted by molar-refractivity contribution is 7.16. The third-order valence-electron chi connectivity index (χ3n) is 4.50. The molecule has 0 aliphatic carbocycles. The second-order valence-corrected chi connectivity index (χ2v) is 8.30. The van der Waals surface area contributed by atoms with Gasteiger partial charge in [-0.1, -0.05) is 6.07 Å². The average Bonchev–Trinajstić information content (AvgIpc) is 3.51. The first kappa shape index (κ1) is 16.9. The van der Waals surface area contributed by atoms with Crippen LogP contribution in [0.5, 0.6) is 0 Å². The number of aromatic nitrogens is 2. The van der Waals surface area contributed by atoms with Gasteiger partial charge in [-0.05, 0) is 35.7 Å². The van der Waals surface area contributed by atoms with Crippen LogP contribution in [0.4, 0.5) is 5.82 Å². The molecule has 28 heavy (non-hydrogen) atoms. The lowest BCUT2D eigenvalue weighted by atomic mass is 10.1. The molecular formula is C20H13N4O2S2+. The summed E-state index contributed by atoms with van der Waals surface area (Å²) in [5.74, 6) is 1.34. The Morgan fingerprint density at radius 1 is 1.25 bits per heavy atom. The standard InChI is InChI=1S/C20H12N4O2S2/c21-10-13-5-6-17(28-13)18-19-23-14(9-12-3-1-7-26-12)20(25)24(19)11-15(22-18)16-4-2-8-27-16/h1-8,11,14H,9H2/p+1. The molecule has 5 heterocycles. The molecular weight excluding hydrogens is 392 g/mol. The van der Waals surface area contributed by atoms with Crippen LogP contribution >= 0.6 is 22.7 Å². The van der Waals surface area contributed by atoms with Crippen molar-refractivity contribution in [3.05, 3.63) is 64.9 Å². The molecule has 6 nitrogen and oxygen atoms in total. The van der Waals surface area contributed by atoms with Crippen molar-refractivity contribution in [2.24, 2.45) is 0 Å². The summed E-state index contributed by atoms with van der Waals surface area (Å²) in [4.78, 5) is 20.3. The summed E-state index contributed by atoms with van der Waals surface area (Å²) in [6.45, 7) is 0. The number of thiophene rings is 2. The van der Waals surface area contributed by atoms with E-state index in [1.807, 2.05) is 35.7 Å². The summed E-state index contributed by atoms with van der Waals surface area (Å²) in [5, 5.41) is 14.5. The van der Waals surface area contributed by atoms with Crippen LogP contribution in [0.1, 0.15) is 15.4 Å². The van der Waals surface area contributed by atoms with Gasteiger partial charge in [0.15, 0.2) is 5.69 Å². The topological polar surface area (TPSA) is 82.8 Å². The molecule has 0 amide bonds. The minimum atomic E-state index is -0.430. The van der Waals surface area contributed by atoms with Crippen LogP contribution in [0.2, 0.25) is 0 Å². The van der Waals surface area contributed by atoms with E-state index in [0.29, 0.717) is 22.8 Å². The third kappa shape index (κ3) is 2.81. The lowest BCUT2D eigenvalue weighted by molar-refractivity contribution is -0.551. The fourth-order valence-corrected chi connectivity index (χ4v) is 4.69. The first-order valence-electron chi connectivity index (χ1n) is 8.57. The summed E-state index contributed by atoms with van der Waals surface area (Å²) < 4.78 is 7.04. The maximum absolute atomic E-state index is 13.1. The summed E-state index contributed by atoms with van der Waals surface area (Å²) >= 11 is 2.93. The van der Waals surface area contributed by atoms with Crippen molar-refractivity contribution in [2.75, 3.05) is 5.32 Å². The molecule has 4 aromatic rings. The van der Waals surface area contributed by atoms with Gasteiger partial charge in [0.25, 0.3) is 0 Å². The van der Waals surface area contributed by atoms with E-state index >= 15 is 0 Å². The number of carbonyl (C=O) groups excluding carboxylic acids is 1. The van der Waals surface area contributed by atoms with Crippen LogP contribution in [-0.2, 0) is 6.42 Å². The van der Waals surface area contributed by atoms with Gasteiger partial charge in [0, 0.05) is 0 Å². The van der Waals surface area contributed by atoms with Crippen molar-refractivity contribution in [3.63, 3.8) is 0 Å². The molecule has 8 heteroatoms. The van der Waals surface area contributed by atoms with Gasteiger partial charge in [-0.3, -0.25) is 5.32 Å². The Labute approximate surface area is 168 Å². The van der Waals surface area contributed by atoms with E-state index in [1.165, 1.54) is 11.3 Å². The van der Waals surface area contributed by atoms with E-state index in [4.69, 9.17) is 9.40 Å². The number of anilines is 1. The summed E-state index contributed by atoms with van der Waals surface area (Å²) in [6, 6.07) is 13.0. The fourth-order valence-electron chi connectivity index (χ4n) is 3.22. The number of furan rings is 1. The van der Waals surface area contributed by atoms with E-state index in [9.17, 15) is 10.1 Å². The minimum Gasteiger partial charge on any atom is -0.469 e. The van der Waals surface area contributed by atoms with E-state index in [0.717, 1.165) is 21.2 Å². The highest BCUT2D eigenvalue weighted by Gasteiger charge is 2.42. The molecule has 1 unspecified atom stereocenters. The smallest absolute Gasteiger partial charge is 0.359 e. The lowest BCUT2D eigenvalue weighted by Crippen LogP contribution is -2.43. The van der Waals surface area contributed by atoms with E-state index in [-0.39, 0.29) is 5.91 Å². The number of carbonyl (C=O) groups is 1. The van der Waals surface area contributed by atoms with Gasteiger partial charge in [-0.25, -0.2) is 9.78 Å². The summed E-state index contributed by atoms with van der Waals surface area (Å²) in [5.41, 5.74) is 1.40. The number of hydrogen-bond donors (Lipinski definition) is 1. The molecule has 0 fully saturated rings. The molecule has 1 aliphatic heterocycles. The van der Waals surface area contributed by atoms with Crippen molar-refractivity contribution in [1.82, 2.24) is 4.98 Å². The molecule has 0 saturated carbocycles. The Morgan fingerprint density at radius 3 is 2.89 bits per heavy atom. The van der Waals surface area contributed by atoms with Gasteiger partial charge >= 0.3 is 11.7 Å². The van der Waals surface area contributed by atoms with Crippen LogP contribution in [-0.4, -0.2) is 16.9 Å². The van der Waals surface area contributed by atoms with Crippen molar-refractivity contribution in [1.29, 1.82) is 5.26 Å². The summed E-state index contributed by atoms with van der Waals surface area (Å²) in [6.07, 6.45) is 3.84. The Morgan fingerprint density at radius 2 is 2.18 bits per heavy atom. The first-order valence-corrected chi connectivity index (χ1v) is 10.3. The molecule has 4 aromatic heterocycles. The molecule has 5 rings (SSSR count). The predicted octanol–water partition coefficient (Wildman–Crippen LogP) is 3.97. The van der Waals surface area contributed by atoms with Crippen molar-refractivity contribution < 1.29 is 13.8 Å². The maximum Gasteiger partial charge on any atom is 0.359 e. The third-order valence-corrected chi connectivity index (χ3v) is 6.39. The van der Waals surface area contributed by atoms with Crippen molar-refractivity contribution >= 4 is 34.4 Å². The molecule has 1 N–H and O–H groups in total. The Balaban J connectivity index is 1.62. The predicted molar refractivity (Wildman–Crippen MR) is 106 cm³/mol. The van der Waals surface area contributed by atoms with Gasteiger partial charge in [0.1, 0.15) is 28.6 Å². The molecule has 0 saturated heterocycles. The molecule has 0 radical (unpaired) electrons. The van der Waals surface area contributed by atoms with Crippen LogP contribution in [0.15, 0.2) is 58.7 Å². The van der Waals surface area contributed by atoms with Gasteiger partial charge in [0.2, 0.25) is 6.04 Å². The zero-order valence-electron chi connectivity index (χ0n) is 14.5. The molecule has 1 aliphatic rings. The Bertz CT molecular complexity index is 1200. The first-order chi connectivity index (χ1) is 13.7. The Hall–Kier alpha value is -3.28. The van der Waals surface area contributed by atoms with Crippen molar-refractivity contribution in [2.45, 2.75) is 12.5 Å². The van der Waals surface area contributed by atoms with E-state index in [2.05, 4.69) is 11.4 Å². The lowest BCUT2D eigenvalue weighted by Gasteiger charge is -2.03. The van der Waals surface area contributed by atoms with E-state index in [1.54, 1.807) is 34.4 Å². The number of hydrogen-bond acceptors (Lipinski definition) is 7. The van der Waals surface area contributed by atoms with Gasteiger partial charge in [-0.15, -0.1) is 22.7 Å². The molecule has 1 atom stereocenters. The molecule has 0 aromatic carbocycles. The second kappa shape index (κ2) is 6.71. The second-order valence-electron chi connectivity index (χ2n) is 6.27. The van der Waals surface area contributed by atoms with Gasteiger partial charge in [-0.2, -0.15) is 9.83 Å².